The second kappa shape index (κ2) is 5.89. The summed E-state index contributed by atoms with van der Waals surface area (Å²) in [5, 5.41) is 0. The van der Waals surface area contributed by atoms with Gasteiger partial charge in [0, 0.05) is 12.1 Å². The first kappa shape index (κ1) is 15.0. The largest absolute Gasteiger partial charge is 0.298 e. The van der Waals surface area contributed by atoms with Crippen molar-refractivity contribution in [2.24, 2.45) is 5.41 Å². The minimum atomic E-state index is 0.307. The highest BCUT2D eigenvalue weighted by Crippen LogP contribution is 2.22. The Morgan fingerprint density at radius 1 is 0.867 bits per heavy atom. The third kappa shape index (κ3) is 7.84. The molecule has 0 aromatic heterocycles. The fraction of sp³-hybridized carbons (Fsp3) is 1.00. The zero-order valence-electron chi connectivity index (χ0n) is 12.0. The van der Waals surface area contributed by atoms with Gasteiger partial charge in [0.15, 0.2) is 0 Å². The van der Waals surface area contributed by atoms with E-state index in [1.165, 1.54) is 32.4 Å². The van der Waals surface area contributed by atoms with Crippen molar-refractivity contribution < 1.29 is 0 Å². The van der Waals surface area contributed by atoms with Crippen molar-refractivity contribution in [2.75, 3.05) is 13.1 Å². The summed E-state index contributed by atoms with van der Waals surface area (Å²) in [6.07, 6.45) is 4.01. The standard InChI is InChI=1S/C14H31N/c1-8-9-10-11-15(14(5,6)7)12-13(2,3)4/h8-12H2,1-7H3. The van der Waals surface area contributed by atoms with Gasteiger partial charge in [-0.15, -0.1) is 0 Å². The van der Waals surface area contributed by atoms with E-state index in [9.17, 15) is 0 Å². The van der Waals surface area contributed by atoms with Crippen LogP contribution in [0.25, 0.3) is 0 Å². The summed E-state index contributed by atoms with van der Waals surface area (Å²) in [5.74, 6) is 0. The Kier molecular flexibility index (Phi) is 5.87. The molecule has 0 saturated carbocycles. The smallest absolute Gasteiger partial charge is 0.0125 e. The maximum Gasteiger partial charge on any atom is 0.0125 e. The second-order valence-corrected chi connectivity index (χ2v) is 6.86. The van der Waals surface area contributed by atoms with Crippen LogP contribution in [-0.4, -0.2) is 23.5 Å². The van der Waals surface area contributed by atoms with Crippen LogP contribution in [0.3, 0.4) is 0 Å². The molecule has 0 fully saturated rings. The molecule has 0 N–H and O–H groups in total. The van der Waals surface area contributed by atoms with Gasteiger partial charge in [-0.1, -0.05) is 40.5 Å². The Hall–Kier alpha value is -0.0400. The third-order valence-electron chi connectivity index (χ3n) is 2.65. The van der Waals surface area contributed by atoms with E-state index in [0.29, 0.717) is 11.0 Å². The Bertz CT molecular complexity index is 159. The molecule has 1 heteroatoms. The molecule has 0 atom stereocenters. The van der Waals surface area contributed by atoms with E-state index in [1.807, 2.05) is 0 Å². The van der Waals surface area contributed by atoms with Gasteiger partial charge in [-0.3, -0.25) is 4.90 Å². The van der Waals surface area contributed by atoms with E-state index in [0.717, 1.165) is 0 Å². The van der Waals surface area contributed by atoms with Gasteiger partial charge in [-0.25, -0.2) is 0 Å². The zero-order chi connectivity index (χ0) is 12.1. The number of unbranched alkanes of at least 4 members (excludes halogenated alkanes) is 2. The first-order valence-corrected chi connectivity index (χ1v) is 6.42. The summed E-state index contributed by atoms with van der Waals surface area (Å²) in [4.78, 5) is 2.63. The van der Waals surface area contributed by atoms with E-state index >= 15 is 0 Å². The van der Waals surface area contributed by atoms with Crippen molar-refractivity contribution in [2.45, 2.75) is 73.3 Å². The van der Waals surface area contributed by atoms with Gasteiger partial charge in [0.25, 0.3) is 0 Å². The predicted octanol–water partition coefficient (Wildman–Crippen LogP) is 4.32. The fourth-order valence-corrected chi connectivity index (χ4v) is 1.78. The van der Waals surface area contributed by atoms with Crippen LogP contribution in [0.5, 0.6) is 0 Å². The first-order valence-electron chi connectivity index (χ1n) is 6.42. The van der Waals surface area contributed by atoms with Gasteiger partial charge in [0.2, 0.25) is 0 Å². The normalized spacial score (nSPS) is 13.6. The van der Waals surface area contributed by atoms with E-state index in [4.69, 9.17) is 0 Å². The van der Waals surface area contributed by atoms with Crippen molar-refractivity contribution in [1.29, 1.82) is 0 Å². The molecule has 0 aliphatic carbocycles. The molecule has 0 aliphatic rings. The SMILES string of the molecule is CCCCCN(CC(C)(C)C)C(C)(C)C. The van der Waals surface area contributed by atoms with Gasteiger partial charge in [-0.05, 0) is 39.2 Å². The van der Waals surface area contributed by atoms with E-state index in [2.05, 4.69) is 53.4 Å². The second-order valence-electron chi connectivity index (χ2n) is 6.86. The Morgan fingerprint density at radius 2 is 1.40 bits per heavy atom. The third-order valence-corrected chi connectivity index (χ3v) is 2.65. The maximum absolute atomic E-state index is 2.63. The predicted molar refractivity (Wildman–Crippen MR) is 70.3 cm³/mol. The molecule has 0 aromatic carbocycles. The fourth-order valence-electron chi connectivity index (χ4n) is 1.78. The quantitative estimate of drug-likeness (QED) is 0.615. The number of nitrogens with zero attached hydrogens (tertiary/aromatic N) is 1. The van der Waals surface area contributed by atoms with Crippen molar-refractivity contribution in [3.8, 4) is 0 Å². The molecule has 1 nitrogen and oxygen atoms in total. The summed E-state index contributed by atoms with van der Waals surface area (Å²) < 4.78 is 0. The topological polar surface area (TPSA) is 3.24 Å². The van der Waals surface area contributed by atoms with Gasteiger partial charge in [-0.2, -0.15) is 0 Å². The van der Waals surface area contributed by atoms with E-state index in [-0.39, 0.29) is 0 Å². The van der Waals surface area contributed by atoms with Crippen LogP contribution in [0.2, 0.25) is 0 Å². The lowest BCUT2D eigenvalue weighted by Crippen LogP contribution is -2.46. The molecule has 0 saturated heterocycles. The van der Waals surface area contributed by atoms with Crippen LogP contribution in [0.4, 0.5) is 0 Å². The number of rotatable bonds is 5. The van der Waals surface area contributed by atoms with Gasteiger partial charge < -0.3 is 0 Å². The highest BCUT2D eigenvalue weighted by atomic mass is 15.2. The van der Waals surface area contributed by atoms with Gasteiger partial charge >= 0.3 is 0 Å². The number of hydrogen-bond acceptors (Lipinski definition) is 1. The Morgan fingerprint density at radius 3 is 1.73 bits per heavy atom. The molecule has 0 amide bonds. The summed E-state index contributed by atoms with van der Waals surface area (Å²) in [5.41, 5.74) is 0.709. The van der Waals surface area contributed by atoms with Crippen LogP contribution in [0.15, 0.2) is 0 Å². The molecule has 92 valence electrons. The molecule has 0 aromatic rings. The Labute approximate surface area is 97.2 Å². The Balaban J connectivity index is 4.21. The molecule has 0 bridgehead atoms. The average Bonchev–Trinajstić information content (AvgIpc) is 1.99. The summed E-state index contributed by atoms with van der Waals surface area (Å²) >= 11 is 0. The maximum atomic E-state index is 2.63. The summed E-state index contributed by atoms with van der Waals surface area (Å²) in [6, 6.07) is 0. The lowest BCUT2D eigenvalue weighted by molar-refractivity contribution is 0.0894. The van der Waals surface area contributed by atoms with Crippen molar-refractivity contribution in [3.63, 3.8) is 0 Å². The molecular weight excluding hydrogens is 182 g/mol. The van der Waals surface area contributed by atoms with Crippen LogP contribution in [0, 0.1) is 5.41 Å². The lowest BCUT2D eigenvalue weighted by Gasteiger charge is -2.40. The molecular formula is C14H31N. The highest BCUT2D eigenvalue weighted by Gasteiger charge is 2.25. The minimum absolute atomic E-state index is 0.307. The van der Waals surface area contributed by atoms with Crippen LogP contribution in [0.1, 0.15) is 67.7 Å². The first-order chi connectivity index (χ1) is 6.67. The zero-order valence-corrected chi connectivity index (χ0v) is 12.0. The molecule has 15 heavy (non-hydrogen) atoms. The van der Waals surface area contributed by atoms with Crippen LogP contribution < -0.4 is 0 Å². The van der Waals surface area contributed by atoms with E-state index < -0.39 is 0 Å². The number of hydrogen-bond donors (Lipinski definition) is 0. The lowest BCUT2D eigenvalue weighted by atomic mass is 9.92. The molecule has 0 aliphatic heterocycles. The minimum Gasteiger partial charge on any atom is -0.298 e. The van der Waals surface area contributed by atoms with Gasteiger partial charge in [0.1, 0.15) is 0 Å². The van der Waals surface area contributed by atoms with Crippen LogP contribution >= 0.6 is 0 Å². The van der Waals surface area contributed by atoms with Crippen LogP contribution in [-0.2, 0) is 0 Å². The van der Waals surface area contributed by atoms with Crippen molar-refractivity contribution >= 4 is 0 Å². The molecule has 0 radical (unpaired) electrons. The summed E-state index contributed by atoms with van der Waals surface area (Å²) in [7, 11) is 0. The highest BCUT2D eigenvalue weighted by molar-refractivity contribution is 4.80. The summed E-state index contributed by atoms with van der Waals surface area (Å²) in [6.45, 7) is 18.7. The molecule has 0 spiro atoms. The van der Waals surface area contributed by atoms with Gasteiger partial charge in [0.05, 0.1) is 0 Å². The van der Waals surface area contributed by atoms with Crippen molar-refractivity contribution in [1.82, 2.24) is 4.90 Å². The molecule has 0 rings (SSSR count). The average molecular weight is 213 g/mol. The molecule has 0 unspecified atom stereocenters. The van der Waals surface area contributed by atoms with Crippen molar-refractivity contribution in [3.05, 3.63) is 0 Å². The van der Waals surface area contributed by atoms with E-state index in [1.54, 1.807) is 0 Å². The monoisotopic (exact) mass is 213 g/mol. The molecule has 0 heterocycles.